The first-order chi connectivity index (χ1) is 10.8. The van der Waals surface area contributed by atoms with Crippen LogP contribution in [0.2, 0.25) is 0 Å². The zero-order valence-electron chi connectivity index (χ0n) is 13.6. The van der Waals surface area contributed by atoms with Crippen LogP contribution in [0, 0.1) is 5.92 Å². The second-order valence-electron chi connectivity index (χ2n) is 5.68. The summed E-state index contributed by atoms with van der Waals surface area (Å²) >= 11 is 0. The van der Waals surface area contributed by atoms with Crippen molar-refractivity contribution in [1.29, 1.82) is 0 Å². The Balaban J connectivity index is 4.90. The number of hydrogen-bond donors (Lipinski definition) is 6. The van der Waals surface area contributed by atoms with Crippen LogP contribution in [0.15, 0.2) is 0 Å². The second kappa shape index (κ2) is 9.38. The van der Waals surface area contributed by atoms with E-state index in [1.54, 1.807) is 0 Å². The molecule has 13 heteroatoms. The van der Waals surface area contributed by atoms with E-state index < -0.39 is 45.5 Å². The Morgan fingerprint density at radius 3 is 2.21 bits per heavy atom. The Bertz CT molecular complexity index is 510. The Morgan fingerprint density at radius 2 is 1.79 bits per heavy atom. The molecule has 0 bridgehead atoms. The van der Waals surface area contributed by atoms with Crippen molar-refractivity contribution in [3.63, 3.8) is 0 Å². The average Bonchev–Trinajstić information content (AvgIpc) is 2.42. The molecule has 0 aromatic carbocycles. The SMILES string of the molecule is CC(C)C[C@H](N)C(=O)OCOP(=O)(O)C(O)(CCCN)P(=O)(O)O. The summed E-state index contributed by atoms with van der Waals surface area (Å²) in [6.07, 6.45) is -0.616. The van der Waals surface area contributed by atoms with Crippen molar-refractivity contribution in [3.8, 4) is 0 Å². The maximum Gasteiger partial charge on any atom is 0.374 e. The van der Waals surface area contributed by atoms with Crippen molar-refractivity contribution in [2.45, 2.75) is 44.2 Å². The molecule has 0 radical (unpaired) electrons. The van der Waals surface area contributed by atoms with E-state index in [2.05, 4.69) is 9.26 Å². The van der Waals surface area contributed by atoms with Crippen LogP contribution in [0.1, 0.15) is 33.1 Å². The third-order valence-electron chi connectivity index (χ3n) is 3.09. The van der Waals surface area contributed by atoms with Gasteiger partial charge in [-0.3, -0.25) is 18.4 Å². The predicted octanol–water partition coefficient (Wildman–Crippen LogP) is -0.375. The molecule has 3 atom stereocenters. The summed E-state index contributed by atoms with van der Waals surface area (Å²) in [5, 5.41) is 6.64. The van der Waals surface area contributed by atoms with Crippen molar-refractivity contribution in [2.24, 2.45) is 17.4 Å². The van der Waals surface area contributed by atoms with E-state index in [0.717, 1.165) is 0 Å². The minimum absolute atomic E-state index is 0.0820. The van der Waals surface area contributed by atoms with Gasteiger partial charge in [0.15, 0.2) is 0 Å². The summed E-state index contributed by atoms with van der Waals surface area (Å²) in [7, 11) is -10.7. The number of ether oxygens (including phenoxy) is 1. The Kier molecular flexibility index (Phi) is 9.24. The van der Waals surface area contributed by atoms with Gasteiger partial charge in [0.25, 0.3) is 5.08 Å². The fourth-order valence-corrected chi connectivity index (χ4v) is 4.54. The number of hydrogen-bond acceptors (Lipinski definition) is 8. The van der Waals surface area contributed by atoms with Crippen molar-refractivity contribution in [1.82, 2.24) is 0 Å². The Morgan fingerprint density at radius 1 is 1.25 bits per heavy atom. The van der Waals surface area contributed by atoms with Crippen LogP contribution in [0.4, 0.5) is 0 Å². The molecule has 0 fully saturated rings. The molecule has 24 heavy (non-hydrogen) atoms. The minimum Gasteiger partial charge on any atom is -0.437 e. The number of nitrogens with two attached hydrogens (primary N) is 2. The van der Waals surface area contributed by atoms with Gasteiger partial charge in [0.2, 0.25) is 6.79 Å². The second-order valence-corrected chi connectivity index (χ2v) is 9.90. The first-order valence-electron chi connectivity index (χ1n) is 7.16. The smallest absolute Gasteiger partial charge is 0.374 e. The highest BCUT2D eigenvalue weighted by Crippen LogP contribution is 2.71. The number of aliphatic hydroxyl groups is 1. The molecule has 11 nitrogen and oxygen atoms in total. The van der Waals surface area contributed by atoms with E-state index in [1.807, 2.05) is 13.8 Å². The average molecular weight is 392 g/mol. The topological polar surface area (TPSA) is 203 Å². The zero-order valence-corrected chi connectivity index (χ0v) is 15.4. The highest BCUT2D eigenvalue weighted by molar-refractivity contribution is 7.72. The molecule has 0 rings (SSSR count). The van der Waals surface area contributed by atoms with Gasteiger partial charge in [0, 0.05) is 6.42 Å². The number of carbonyl (C=O) groups excluding carboxylic acids is 1. The van der Waals surface area contributed by atoms with Gasteiger partial charge in [-0.2, -0.15) is 0 Å². The maximum absolute atomic E-state index is 12.0. The molecule has 2 unspecified atom stereocenters. The lowest BCUT2D eigenvalue weighted by atomic mass is 10.1. The van der Waals surface area contributed by atoms with E-state index in [9.17, 15) is 33.7 Å². The third kappa shape index (κ3) is 6.51. The molecule has 144 valence electrons. The first kappa shape index (κ1) is 23.6. The molecule has 0 aliphatic heterocycles. The third-order valence-corrected chi connectivity index (χ3v) is 7.37. The van der Waals surface area contributed by atoms with Crippen LogP contribution in [0.3, 0.4) is 0 Å². The molecule has 0 aromatic rings. The lowest BCUT2D eigenvalue weighted by molar-refractivity contribution is -0.152. The summed E-state index contributed by atoms with van der Waals surface area (Å²) in [6, 6.07) is -0.982. The van der Waals surface area contributed by atoms with Crippen LogP contribution in [0.5, 0.6) is 0 Å². The minimum atomic E-state index is -5.44. The van der Waals surface area contributed by atoms with Crippen LogP contribution in [-0.4, -0.2) is 50.2 Å². The normalized spacial score (nSPS) is 18.7. The van der Waals surface area contributed by atoms with Gasteiger partial charge >= 0.3 is 21.2 Å². The molecule has 0 heterocycles. The van der Waals surface area contributed by atoms with Crippen LogP contribution in [0.25, 0.3) is 0 Å². The number of carbonyl (C=O) groups is 1. The van der Waals surface area contributed by atoms with Crippen LogP contribution < -0.4 is 11.5 Å². The van der Waals surface area contributed by atoms with Gasteiger partial charge in [0.05, 0.1) is 0 Å². The molecule has 0 aromatic heterocycles. The van der Waals surface area contributed by atoms with Gasteiger partial charge in [-0.25, -0.2) is 0 Å². The molecule has 0 aliphatic carbocycles. The van der Waals surface area contributed by atoms with Crippen molar-refractivity contribution in [2.75, 3.05) is 13.3 Å². The van der Waals surface area contributed by atoms with Crippen molar-refractivity contribution < 1.29 is 43.0 Å². The molecule has 0 amide bonds. The first-order valence-corrected chi connectivity index (χ1v) is 10.3. The molecular weight excluding hydrogens is 366 g/mol. The lowest BCUT2D eigenvalue weighted by Crippen LogP contribution is -2.35. The summed E-state index contributed by atoms with van der Waals surface area (Å²) < 4.78 is 32.4. The van der Waals surface area contributed by atoms with E-state index in [1.165, 1.54) is 0 Å². The summed E-state index contributed by atoms with van der Waals surface area (Å²) in [5.74, 6) is -0.807. The monoisotopic (exact) mass is 392 g/mol. The summed E-state index contributed by atoms with van der Waals surface area (Å²) in [6.45, 7) is 2.47. The van der Waals surface area contributed by atoms with Gasteiger partial charge in [-0.05, 0) is 25.3 Å². The predicted molar refractivity (Wildman–Crippen MR) is 84.6 cm³/mol. The molecular formula is C11H26N2O9P2. The quantitative estimate of drug-likeness (QED) is 0.152. The fourth-order valence-electron chi connectivity index (χ4n) is 1.76. The molecule has 8 N–H and O–H groups in total. The maximum atomic E-state index is 12.0. The highest BCUT2D eigenvalue weighted by atomic mass is 31.2. The van der Waals surface area contributed by atoms with Gasteiger partial charge < -0.3 is 36.0 Å². The van der Waals surface area contributed by atoms with E-state index in [4.69, 9.17) is 11.5 Å². The molecule has 0 saturated heterocycles. The Labute approximate surface area is 140 Å². The molecule has 0 spiro atoms. The van der Waals surface area contributed by atoms with Gasteiger partial charge in [-0.15, -0.1) is 0 Å². The number of rotatable bonds is 11. The zero-order chi connectivity index (χ0) is 19.2. The highest BCUT2D eigenvalue weighted by Gasteiger charge is 2.60. The van der Waals surface area contributed by atoms with Gasteiger partial charge in [0.1, 0.15) is 6.04 Å². The van der Waals surface area contributed by atoms with Crippen LogP contribution in [-0.2, 0) is 23.2 Å². The van der Waals surface area contributed by atoms with Crippen molar-refractivity contribution >= 4 is 21.2 Å². The van der Waals surface area contributed by atoms with Crippen molar-refractivity contribution in [3.05, 3.63) is 0 Å². The summed E-state index contributed by atoms with van der Waals surface area (Å²) in [4.78, 5) is 39.6. The number of esters is 1. The molecule has 0 saturated carbocycles. The van der Waals surface area contributed by atoms with E-state index in [0.29, 0.717) is 6.42 Å². The lowest BCUT2D eigenvalue weighted by Gasteiger charge is -2.31. The van der Waals surface area contributed by atoms with Crippen LogP contribution >= 0.6 is 15.2 Å². The van der Waals surface area contributed by atoms with E-state index >= 15 is 0 Å². The standard InChI is InChI=1S/C11H26N2O9P2/c1-8(2)6-9(13)10(14)21-7-22-24(19,20)11(15,4-3-5-12)23(16,17)18/h8-9,15H,3-7,12-13H2,1-2H3,(H,19,20)(H2,16,17,18)/t9-,11?/m0/s1. The van der Waals surface area contributed by atoms with E-state index in [-0.39, 0.29) is 18.9 Å². The Hall–Kier alpha value is -0.350. The molecule has 0 aliphatic rings. The fraction of sp³-hybridized carbons (Fsp3) is 0.909. The summed E-state index contributed by atoms with van der Waals surface area (Å²) in [5.41, 5.74) is 10.7. The van der Waals surface area contributed by atoms with Gasteiger partial charge in [-0.1, -0.05) is 13.8 Å². The largest absolute Gasteiger partial charge is 0.437 e.